The van der Waals surface area contributed by atoms with Gasteiger partial charge in [0.25, 0.3) is 0 Å². The van der Waals surface area contributed by atoms with Crippen molar-refractivity contribution in [3.8, 4) is 11.5 Å². The predicted molar refractivity (Wildman–Crippen MR) is 96.1 cm³/mol. The highest BCUT2D eigenvalue weighted by molar-refractivity contribution is 6.31. The van der Waals surface area contributed by atoms with Gasteiger partial charge in [-0.15, -0.1) is 0 Å². The zero-order chi connectivity index (χ0) is 17.5. The summed E-state index contributed by atoms with van der Waals surface area (Å²) in [7, 11) is 3.19. The summed E-state index contributed by atoms with van der Waals surface area (Å²) in [5, 5.41) is 6.56. The van der Waals surface area contributed by atoms with Crippen molar-refractivity contribution in [3.63, 3.8) is 0 Å². The van der Waals surface area contributed by atoms with Crippen LogP contribution in [0.3, 0.4) is 0 Å². The molecule has 6 heteroatoms. The van der Waals surface area contributed by atoms with Crippen molar-refractivity contribution in [1.29, 1.82) is 0 Å². The second-order valence-corrected chi connectivity index (χ2v) is 5.69. The summed E-state index contributed by atoms with van der Waals surface area (Å²) in [5.41, 5.74) is 2.65. The molecular weight excluding hydrogens is 328 g/mol. The lowest BCUT2D eigenvalue weighted by Crippen LogP contribution is -2.29. The lowest BCUT2D eigenvalue weighted by Gasteiger charge is -2.13. The average Bonchev–Trinajstić information content (AvgIpc) is 2.60. The Hall–Kier alpha value is -2.40. The van der Waals surface area contributed by atoms with Crippen molar-refractivity contribution in [2.24, 2.45) is 0 Å². The van der Waals surface area contributed by atoms with E-state index < -0.39 is 0 Å². The van der Waals surface area contributed by atoms with Crippen molar-refractivity contribution < 1.29 is 14.3 Å². The summed E-state index contributed by atoms with van der Waals surface area (Å²) in [6, 6.07) is 11.1. The van der Waals surface area contributed by atoms with E-state index in [1.807, 2.05) is 37.3 Å². The smallest absolute Gasteiger partial charge is 0.239 e. The fourth-order valence-corrected chi connectivity index (χ4v) is 2.31. The molecule has 0 unspecified atom stereocenters. The predicted octanol–water partition coefficient (Wildman–Crippen LogP) is 3.39. The number of hydrogen-bond donors (Lipinski definition) is 2. The van der Waals surface area contributed by atoms with E-state index in [9.17, 15) is 4.79 Å². The van der Waals surface area contributed by atoms with Crippen LogP contribution in [0.2, 0.25) is 5.02 Å². The Morgan fingerprint density at radius 1 is 1.12 bits per heavy atom. The number of anilines is 1. The van der Waals surface area contributed by atoms with E-state index in [1.54, 1.807) is 20.3 Å². The Morgan fingerprint density at radius 2 is 1.83 bits per heavy atom. The second-order valence-electron chi connectivity index (χ2n) is 5.28. The van der Waals surface area contributed by atoms with Crippen LogP contribution >= 0.6 is 11.6 Å². The third kappa shape index (κ3) is 4.80. The van der Waals surface area contributed by atoms with Crippen molar-refractivity contribution >= 4 is 23.2 Å². The molecule has 0 heterocycles. The summed E-state index contributed by atoms with van der Waals surface area (Å²) >= 11 is 6.07. The van der Waals surface area contributed by atoms with Gasteiger partial charge in [-0.2, -0.15) is 0 Å². The van der Waals surface area contributed by atoms with E-state index in [2.05, 4.69) is 10.6 Å². The number of rotatable bonds is 7. The monoisotopic (exact) mass is 348 g/mol. The second kappa shape index (κ2) is 8.45. The summed E-state index contributed by atoms with van der Waals surface area (Å²) in [5.74, 6) is 1.28. The van der Waals surface area contributed by atoms with Crippen LogP contribution < -0.4 is 20.1 Å². The maximum atomic E-state index is 12.0. The molecule has 0 radical (unpaired) electrons. The Bertz CT molecular complexity index is 702. The van der Waals surface area contributed by atoms with Gasteiger partial charge >= 0.3 is 0 Å². The molecule has 0 bridgehead atoms. The first-order valence-electron chi connectivity index (χ1n) is 7.51. The minimum atomic E-state index is -0.111. The summed E-state index contributed by atoms with van der Waals surface area (Å²) in [6.07, 6.45) is 0. The van der Waals surface area contributed by atoms with Crippen LogP contribution in [-0.4, -0.2) is 26.7 Å². The molecule has 0 aliphatic heterocycles. The minimum absolute atomic E-state index is 0.111. The number of carbonyl (C=O) groups is 1. The number of methoxy groups -OCH3 is 2. The van der Waals surface area contributed by atoms with Gasteiger partial charge in [-0.1, -0.05) is 23.7 Å². The van der Waals surface area contributed by atoms with Gasteiger partial charge in [-0.25, -0.2) is 0 Å². The number of halogens is 1. The van der Waals surface area contributed by atoms with Crippen molar-refractivity contribution in [3.05, 3.63) is 52.5 Å². The summed E-state index contributed by atoms with van der Waals surface area (Å²) in [4.78, 5) is 12.0. The van der Waals surface area contributed by atoms with Crippen LogP contribution in [0.5, 0.6) is 11.5 Å². The first-order chi connectivity index (χ1) is 11.5. The highest BCUT2D eigenvalue weighted by atomic mass is 35.5. The molecule has 2 N–H and O–H groups in total. The van der Waals surface area contributed by atoms with Gasteiger partial charge in [0.05, 0.1) is 26.5 Å². The minimum Gasteiger partial charge on any atom is -0.497 e. The standard InChI is InChI=1S/C18H21ClN2O3/c1-12-8-16(17(24-3)9-15(12)19)20-11-18(22)21-10-13-4-6-14(23-2)7-5-13/h4-9,20H,10-11H2,1-3H3,(H,21,22). The van der Waals surface area contributed by atoms with E-state index in [0.717, 1.165) is 22.6 Å². The topological polar surface area (TPSA) is 59.6 Å². The molecule has 1 amide bonds. The van der Waals surface area contributed by atoms with Gasteiger partial charge < -0.3 is 20.1 Å². The highest BCUT2D eigenvalue weighted by Gasteiger charge is 2.08. The molecule has 0 saturated carbocycles. The molecule has 0 aliphatic rings. The maximum Gasteiger partial charge on any atom is 0.239 e. The first kappa shape index (κ1) is 17.9. The van der Waals surface area contributed by atoms with E-state index in [1.165, 1.54) is 0 Å². The molecule has 128 valence electrons. The lowest BCUT2D eigenvalue weighted by atomic mass is 10.2. The molecule has 0 atom stereocenters. The number of aryl methyl sites for hydroxylation is 1. The molecule has 2 rings (SSSR count). The Morgan fingerprint density at radius 3 is 2.46 bits per heavy atom. The van der Waals surface area contributed by atoms with Gasteiger partial charge in [0, 0.05) is 17.6 Å². The normalized spacial score (nSPS) is 10.2. The third-order valence-corrected chi connectivity index (χ3v) is 3.98. The number of nitrogens with one attached hydrogen (secondary N) is 2. The van der Waals surface area contributed by atoms with Crippen LogP contribution in [0.25, 0.3) is 0 Å². The van der Waals surface area contributed by atoms with Gasteiger partial charge in [-0.05, 0) is 36.2 Å². The maximum absolute atomic E-state index is 12.0. The molecule has 2 aromatic carbocycles. The van der Waals surface area contributed by atoms with Crippen LogP contribution in [0, 0.1) is 6.92 Å². The fraction of sp³-hybridized carbons (Fsp3) is 0.278. The molecule has 0 aliphatic carbocycles. The first-order valence-corrected chi connectivity index (χ1v) is 7.89. The van der Waals surface area contributed by atoms with E-state index in [-0.39, 0.29) is 12.5 Å². The number of carbonyl (C=O) groups excluding carboxylic acids is 1. The molecular formula is C18H21ClN2O3. The van der Waals surface area contributed by atoms with Crippen LogP contribution in [-0.2, 0) is 11.3 Å². The molecule has 0 fully saturated rings. The van der Waals surface area contributed by atoms with E-state index in [4.69, 9.17) is 21.1 Å². The molecule has 5 nitrogen and oxygen atoms in total. The molecule has 0 aromatic heterocycles. The van der Waals surface area contributed by atoms with E-state index >= 15 is 0 Å². The quantitative estimate of drug-likeness (QED) is 0.805. The number of benzene rings is 2. The third-order valence-electron chi connectivity index (χ3n) is 3.57. The lowest BCUT2D eigenvalue weighted by molar-refractivity contribution is -0.119. The van der Waals surface area contributed by atoms with Crippen LogP contribution in [0.1, 0.15) is 11.1 Å². The zero-order valence-corrected chi connectivity index (χ0v) is 14.7. The van der Waals surface area contributed by atoms with Crippen molar-refractivity contribution in [2.75, 3.05) is 26.1 Å². The van der Waals surface area contributed by atoms with Gasteiger partial charge in [0.15, 0.2) is 0 Å². The van der Waals surface area contributed by atoms with Crippen molar-refractivity contribution in [1.82, 2.24) is 5.32 Å². The number of ether oxygens (including phenoxy) is 2. The van der Waals surface area contributed by atoms with Gasteiger partial charge in [-0.3, -0.25) is 4.79 Å². The average molecular weight is 349 g/mol. The van der Waals surface area contributed by atoms with Crippen LogP contribution in [0.15, 0.2) is 36.4 Å². The van der Waals surface area contributed by atoms with Crippen molar-refractivity contribution in [2.45, 2.75) is 13.5 Å². The molecule has 0 saturated heterocycles. The SMILES string of the molecule is COc1ccc(CNC(=O)CNc2cc(C)c(Cl)cc2OC)cc1. The Kier molecular flexibility index (Phi) is 6.32. The fourth-order valence-electron chi connectivity index (χ4n) is 2.15. The largest absolute Gasteiger partial charge is 0.497 e. The van der Waals surface area contributed by atoms with Crippen LogP contribution in [0.4, 0.5) is 5.69 Å². The molecule has 24 heavy (non-hydrogen) atoms. The summed E-state index contributed by atoms with van der Waals surface area (Å²) < 4.78 is 10.4. The summed E-state index contributed by atoms with van der Waals surface area (Å²) in [6.45, 7) is 2.51. The number of hydrogen-bond acceptors (Lipinski definition) is 4. The van der Waals surface area contributed by atoms with Gasteiger partial charge in [0.2, 0.25) is 5.91 Å². The van der Waals surface area contributed by atoms with Gasteiger partial charge in [0.1, 0.15) is 11.5 Å². The van der Waals surface area contributed by atoms with E-state index in [0.29, 0.717) is 17.3 Å². The Labute approximate surface area is 146 Å². The highest BCUT2D eigenvalue weighted by Crippen LogP contribution is 2.30. The molecule has 2 aromatic rings. The zero-order valence-electron chi connectivity index (χ0n) is 14.0. The number of amides is 1. The Balaban J connectivity index is 1.87. The molecule has 0 spiro atoms.